The molecular formula is C22H26N2O2S. The molecule has 1 aliphatic rings. The summed E-state index contributed by atoms with van der Waals surface area (Å²) in [4.78, 5) is 13.9. The first-order valence-corrected chi connectivity index (χ1v) is 9.93. The van der Waals surface area contributed by atoms with E-state index in [1.807, 2.05) is 12.1 Å². The predicted octanol–water partition coefficient (Wildman–Crippen LogP) is 4.51. The zero-order chi connectivity index (χ0) is 19.1. The van der Waals surface area contributed by atoms with Gasteiger partial charge in [0.2, 0.25) is 0 Å². The largest absolute Gasteiger partial charge is 0.462 e. The summed E-state index contributed by atoms with van der Waals surface area (Å²) < 4.78 is 5.00. The van der Waals surface area contributed by atoms with Crippen LogP contribution in [-0.4, -0.2) is 35.7 Å². The Morgan fingerprint density at radius 1 is 1.11 bits per heavy atom. The maximum absolute atomic E-state index is 11.7. The molecule has 4 nitrogen and oxygen atoms in total. The van der Waals surface area contributed by atoms with Gasteiger partial charge in [-0.15, -0.1) is 0 Å². The molecule has 0 saturated carbocycles. The summed E-state index contributed by atoms with van der Waals surface area (Å²) in [6.45, 7) is 4.13. The number of thiocarbonyl (C=S) groups is 1. The number of likely N-dealkylation sites (tertiary alicyclic amines) is 1. The third-order valence-corrected chi connectivity index (χ3v) is 5.28. The van der Waals surface area contributed by atoms with Gasteiger partial charge < -0.3 is 15.0 Å². The van der Waals surface area contributed by atoms with Crippen molar-refractivity contribution in [2.45, 2.75) is 26.2 Å². The van der Waals surface area contributed by atoms with Gasteiger partial charge in [-0.05, 0) is 74.2 Å². The Morgan fingerprint density at radius 2 is 1.78 bits per heavy atom. The molecule has 2 aromatic rings. The van der Waals surface area contributed by atoms with Crippen LogP contribution in [0.3, 0.4) is 0 Å². The summed E-state index contributed by atoms with van der Waals surface area (Å²) >= 11 is 5.57. The number of hydrogen-bond donors (Lipinski definition) is 1. The second-order valence-electron chi connectivity index (χ2n) is 6.85. The van der Waals surface area contributed by atoms with Crippen LogP contribution in [0, 0.1) is 5.92 Å². The first-order valence-electron chi connectivity index (χ1n) is 9.52. The third kappa shape index (κ3) is 5.54. The van der Waals surface area contributed by atoms with E-state index in [9.17, 15) is 4.79 Å². The second kappa shape index (κ2) is 9.51. The number of piperidine rings is 1. The van der Waals surface area contributed by atoms with E-state index in [1.54, 1.807) is 19.1 Å². The smallest absolute Gasteiger partial charge is 0.338 e. The molecule has 5 heteroatoms. The van der Waals surface area contributed by atoms with Crippen LogP contribution in [0.25, 0.3) is 0 Å². The molecule has 0 aliphatic carbocycles. The number of esters is 1. The Kier molecular flexibility index (Phi) is 6.82. The van der Waals surface area contributed by atoms with Crippen molar-refractivity contribution in [1.29, 1.82) is 0 Å². The van der Waals surface area contributed by atoms with Crippen LogP contribution >= 0.6 is 12.2 Å². The van der Waals surface area contributed by atoms with Crippen molar-refractivity contribution < 1.29 is 9.53 Å². The van der Waals surface area contributed by atoms with Crippen molar-refractivity contribution in [2.75, 3.05) is 25.0 Å². The minimum absolute atomic E-state index is 0.299. The SMILES string of the molecule is CCOC(=O)c1ccc(NC(=S)N2CCC(Cc3ccccc3)CC2)cc1. The first kappa shape index (κ1) is 19.4. The molecule has 0 aromatic heterocycles. The quantitative estimate of drug-likeness (QED) is 0.608. The van der Waals surface area contributed by atoms with Crippen LogP contribution in [-0.2, 0) is 11.2 Å². The molecule has 1 aliphatic heterocycles. The van der Waals surface area contributed by atoms with E-state index in [2.05, 4.69) is 40.5 Å². The number of benzene rings is 2. The molecule has 0 bridgehead atoms. The average molecular weight is 383 g/mol. The number of carbonyl (C=O) groups is 1. The highest BCUT2D eigenvalue weighted by atomic mass is 32.1. The van der Waals surface area contributed by atoms with Crippen molar-refractivity contribution in [1.82, 2.24) is 4.90 Å². The maximum Gasteiger partial charge on any atom is 0.338 e. The molecule has 1 heterocycles. The van der Waals surface area contributed by atoms with Crippen LogP contribution in [0.4, 0.5) is 5.69 Å². The Hall–Kier alpha value is -2.40. The van der Waals surface area contributed by atoms with Crippen LogP contribution in [0.15, 0.2) is 54.6 Å². The van der Waals surface area contributed by atoms with Gasteiger partial charge in [0, 0.05) is 18.8 Å². The summed E-state index contributed by atoms with van der Waals surface area (Å²) in [5.41, 5.74) is 2.85. The standard InChI is InChI=1S/C22H26N2O2S/c1-2-26-21(25)19-8-10-20(11-9-19)23-22(27)24-14-12-18(13-15-24)16-17-6-4-3-5-7-17/h3-11,18H,2,12-16H2,1H3,(H,23,27). The topological polar surface area (TPSA) is 41.6 Å². The van der Waals surface area contributed by atoms with Crippen molar-refractivity contribution >= 4 is 29.0 Å². The molecule has 0 amide bonds. The maximum atomic E-state index is 11.7. The van der Waals surface area contributed by atoms with Crippen LogP contribution in [0.2, 0.25) is 0 Å². The fraction of sp³-hybridized carbons (Fsp3) is 0.364. The molecule has 3 rings (SSSR count). The van der Waals surface area contributed by atoms with Crippen molar-refractivity contribution in [3.05, 3.63) is 65.7 Å². The molecule has 0 atom stereocenters. The zero-order valence-electron chi connectivity index (χ0n) is 15.7. The fourth-order valence-corrected chi connectivity index (χ4v) is 3.69. The summed E-state index contributed by atoms with van der Waals surface area (Å²) in [7, 11) is 0. The summed E-state index contributed by atoms with van der Waals surface area (Å²) in [6, 6.07) is 17.9. The van der Waals surface area contributed by atoms with Crippen molar-refractivity contribution in [2.24, 2.45) is 5.92 Å². The average Bonchev–Trinajstić information content (AvgIpc) is 2.70. The minimum atomic E-state index is -0.299. The van der Waals surface area contributed by atoms with Gasteiger partial charge in [-0.2, -0.15) is 0 Å². The molecule has 0 spiro atoms. The Labute approximate surface area is 166 Å². The lowest BCUT2D eigenvalue weighted by Gasteiger charge is -2.34. The van der Waals surface area contributed by atoms with E-state index in [1.165, 1.54) is 5.56 Å². The highest BCUT2D eigenvalue weighted by Gasteiger charge is 2.21. The summed E-state index contributed by atoms with van der Waals surface area (Å²) in [5, 5.41) is 4.03. The lowest BCUT2D eigenvalue weighted by Crippen LogP contribution is -2.41. The second-order valence-corrected chi connectivity index (χ2v) is 7.23. The van der Waals surface area contributed by atoms with Crippen molar-refractivity contribution in [3.63, 3.8) is 0 Å². The molecule has 2 aromatic carbocycles. The highest BCUT2D eigenvalue weighted by molar-refractivity contribution is 7.80. The Bertz CT molecular complexity index is 754. The van der Waals surface area contributed by atoms with E-state index in [-0.39, 0.29) is 5.97 Å². The molecule has 0 unspecified atom stereocenters. The zero-order valence-corrected chi connectivity index (χ0v) is 16.5. The van der Waals surface area contributed by atoms with Gasteiger partial charge in [-0.3, -0.25) is 0 Å². The molecule has 142 valence electrons. The van der Waals surface area contributed by atoms with Gasteiger partial charge in [0.05, 0.1) is 12.2 Å². The van der Waals surface area contributed by atoms with Gasteiger partial charge >= 0.3 is 5.97 Å². The minimum Gasteiger partial charge on any atom is -0.462 e. The fourth-order valence-electron chi connectivity index (χ4n) is 3.39. The lowest BCUT2D eigenvalue weighted by atomic mass is 9.90. The Balaban J connectivity index is 1.47. The van der Waals surface area contributed by atoms with Gasteiger partial charge in [-0.25, -0.2) is 4.79 Å². The van der Waals surface area contributed by atoms with Crippen LogP contribution in [0.5, 0.6) is 0 Å². The monoisotopic (exact) mass is 382 g/mol. The number of hydrogen-bond acceptors (Lipinski definition) is 3. The van der Waals surface area contributed by atoms with E-state index >= 15 is 0 Å². The van der Waals surface area contributed by atoms with Gasteiger partial charge in [0.25, 0.3) is 0 Å². The lowest BCUT2D eigenvalue weighted by molar-refractivity contribution is 0.0526. The van der Waals surface area contributed by atoms with E-state index < -0.39 is 0 Å². The van der Waals surface area contributed by atoms with Crippen LogP contribution < -0.4 is 5.32 Å². The van der Waals surface area contributed by atoms with Crippen molar-refractivity contribution in [3.8, 4) is 0 Å². The third-order valence-electron chi connectivity index (χ3n) is 4.92. The Morgan fingerprint density at radius 3 is 2.41 bits per heavy atom. The number of ether oxygens (including phenoxy) is 1. The molecule has 1 saturated heterocycles. The van der Waals surface area contributed by atoms with Crippen LogP contribution in [0.1, 0.15) is 35.7 Å². The number of carbonyl (C=O) groups excluding carboxylic acids is 1. The molecule has 1 N–H and O–H groups in total. The van der Waals surface area contributed by atoms with E-state index in [0.29, 0.717) is 12.2 Å². The molecular weight excluding hydrogens is 356 g/mol. The molecule has 1 fully saturated rings. The number of nitrogens with one attached hydrogen (secondary N) is 1. The predicted molar refractivity (Wildman–Crippen MR) is 113 cm³/mol. The molecule has 27 heavy (non-hydrogen) atoms. The highest BCUT2D eigenvalue weighted by Crippen LogP contribution is 2.22. The number of nitrogens with zero attached hydrogens (tertiary/aromatic N) is 1. The number of rotatable bonds is 5. The normalized spacial score (nSPS) is 14.6. The number of anilines is 1. The van der Waals surface area contributed by atoms with E-state index in [0.717, 1.165) is 49.1 Å². The van der Waals surface area contributed by atoms with E-state index in [4.69, 9.17) is 17.0 Å². The van der Waals surface area contributed by atoms with Gasteiger partial charge in [0.1, 0.15) is 0 Å². The van der Waals surface area contributed by atoms with Gasteiger partial charge in [-0.1, -0.05) is 30.3 Å². The van der Waals surface area contributed by atoms with Gasteiger partial charge in [0.15, 0.2) is 5.11 Å². The first-order chi connectivity index (χ1) is 13.2. The summed E-state index contributed by atoms with van der Waals surface area (Å²) in [6.07, 6.45) is 3.45. The molecule has 0 radical (unpaired) electrons. The summed E-state index contributed by atoms with van der Waals surface area (Å²) in [5.74, 6) is 0.419.